The smallest absolute Gasteiger partial charge is 0.227 e. The SMILES string of the molecule is Clc1cc(Cl)c2oc(-c3ccc(-n4cnnc4)cc3)nc2c1. The van der Waals surface area contributed by atoms with E-state index in [0.717, 1.165) is 11.3 Å². The second-order valence-corrected chi connectivity index (χ2v) is 5.51. The number of hydrogen-bond donors (Lipinski definition) is 0. The average molecular weight is 331 g/mol. The highest BCUT2D eigenvalue weighted by Crippen LogP contribution is 2.32. The third kappa shape index (κ3) is 2.24. The van der Waals surface area contributed by atoms with Gasteiger partial charge in [-0.1, -0.05) is 23.2 Å². The van der Waals surface area contributed by atoms with Gasteiger partial charge >= 0.3 is 0 Å². The zero-order chi connectivity index (χ0) is 15.1. The van der Waals surface area contributed by atoms with E-state index >= 15 is 0 Å². The van der Waals surface area contributed by atoms with Crippen molar-refractivity contribution in [2.24, 2.45) is 0 Å². The Kier molecular flexibility index (Phi) is 3.10. The second kappa shape index (κ2) is 5.12. The number of nitrogens with zero attached hydrogens (tertiary/aromatic N) is 4. The van der Waals surface area contributed by atoms with Crippen LogP contribution in [0.3, 0.4) is 0 Å². The highest BCUT2D eigenvalue weighted by atomic mass is 35.5. The van der Waals surface area contributed by atoms with Gasteiger partial charge in [0.1, 0.15) is 18.2 Å². The Labute approximate surface area is 135 Å². The molecule has 0 aliphatic rings. The highest BCUT2D eigenvalue weighted by molar-refractivity contribution is 6.38. The van der Waals surface area contributed by atoms with E-state index in [4.69, 9.17) is 27.6 Å². The number of aromatic nitrogens is 4. The number of rotatable bonds is 2. The van der Waals surface area contributed by atoms with Crippen LogP contribution in [0.2, 0.25) is 10.0 Å². The lowest BCUT2D eigenvalue weighted by Gasteiger charge is -2.01. The first-order valence-corrected chi connectivity index (χ1v) is 7.17. The molecule has 0 saturated heterocycles. The van der Waals surface area contributed by atoms with Gasteiger partial charge in [0.05, 0.1) is 5.02 Å². The molecule has 4 aromatic rings. The summed E-state index contributed by atoms with van der Waals surface area (Å²) in [5, 5.41) is 8.54. The van der Waals surface area contributed by atoms with Gasteiger partial charge in [0.25, 0.3) is 0 Å². The molecule has 0 saturated carbocycles. The first-order chi connectivity index (χ1) is 10.7. The van der Waals surface area contributed by atoms with Crippen LogP contribution in [0.25, 0.3) is 28.2 Å². The van der Waals surface area contributed by atoms with Gasteiger partial charge in [-0.05, 0) is 36.4 Å². The molecule has 0 bridgehead atoms. The Morgan fingerprint density at radius 1 is 0.955 bits per heavy atom. The van der Waals surface area contributed by atoms with Gasteiger partial charge in [0.2, 0.25) is 5.89 Å². The summed E-state index contributed by atoms with van der Waals surface area (Å²) >= 11 is 12.1. The average Bonchev–Trinajstić information content (AvgIpc) is 3.16. The minimum absolute atomic E-state index is 0.447. The van der Waals surface area contributed by atoms with Crippen molar-refractivity contribution < 1.29 is 4.42 Å². The van der Waals surface area contributed by atoms with Gasteiger partial charge in [-0.25, -0.2) is 4.98 Å². The molecule has 22 heavy (non-hydrogen) atoms. The fourth-order valence-corrected chi connectivity index (χ4v) is 2.71. The lowest BCUT2D eigenvalue weighted by Crippen LogP contribution is -1.89. The van der Waals surface area contributed by atoms with E-state index in [-0.39, 0.29) is 0 Å². The van der Waals surface area contributed by atoms with Gasteiger partial charge in [0, 0.05) is 16.3 Å². The van der Waals surface area contributed by atoms with Crippen LogP contribution in [0, 0.1) is 0 Å². The number of oxazole rings is 1. The summed E-state index contributed by atoms with van der Waals surface area (Å²) in [6, 6.07) is 11.0. The maximum atomic E-state index is 6.12. The van der Waals surface area contributed by atoms with E-state index in [2.05, 4.69) is 15.2 Å². The molecular formula is C15H8Cl2N4O. The molecule has 4 rings (SSSR count). The Balaban J connectivity index is 1.77. The predicted octanol–water partition coefficient (Wildman–Crippen LogP) is 4.38. The second-order valence-electron chi connectivity index (χ2n) is 4.67. The summed E-state index contributed by atoms with van der Waals surface area (Å²) in [5.74, 6) is 0.495. The van der Waals surface area contributed by atoms with E-state index in [1.54, 1.807) is 24.8 Å². The third-order valence-electron chi connectivity index (χ3n) is 3.24. The van der Waals surface area contributed by atoms with Crippen LogP contribution in [-0.4, -0.2) is 19.7 Å². The fraction of sp³-hybridized carbons (Fsp3) is 0. The highest BCUT2D eigenvalue weighted by Gasteiger charge is 2.12. The lowest BCUT2D eigenvalue weighted by atomic mass is 10.2. The molecule has 0 aliphatic heterocycles. The molecule has 2 aromatic heterocycles. The lowest BCUT2D eigenvalue weighted by molar-refractivity contribution is 0.620. The Bertz CT molecular complexity index is 946. The van der Waals surface area contributed by atoms with Crippen molar-refractivity contribution in [3.63, 3.8) is 0 Å². The van der Waals surface area contributed by atoms with Crippen molar-refractivity contribution in [3.05, 3.63) is 59.1 Å². The molecule has 0 aliphatic carbocycles. The van der Waals surface area contributed by atoms with E-state index < -0.39 is 0 Å². The Morgan fingerprint density at radius 2 is 1.68 bits per heavy atom. The summed E-state index contributed by atoms with van der Waals surface area (Å²) < 4.78 is 7.55. The van der Waals surface area contributed by atoms with Gasteiger partial charge < -0.3 is 4.42 Å². The first kappa shape index (κ1) is 13.3. The van der Waals surface area contributed by atoms with E-state index in [1.807, 2.05) is 28.8 Å². The van der Waals surface area contributed by atoms with Crippen molar-refractivity contribution in [2.45, 2.75) is 0 Å². The Morgan fingerprint density at radius 3 is 2.41 bits per heavy atom. The molecule has 0 atom stereocenters. The molecule has 0 spiro atoms. The van der Waals surface area contributed by atoms with Crippen molar-refractivity contribution >= 4 is 34.3 Å². The van der Waals surface area contributed by atoms with Gasteiger partial charge in [-0.15, -0.1) is 10.2 Å². The molecular weight excluding hydrogens is 323 g/mol. The van der Waals surface area contributed by atoms with E-state index in [9.17, 15) is 0 Å². The summed E-state index contributed by atoms with van der Waals surface area (Å²) in [6.07, 6.45) is 3.27. The van der Waals surface area contributed by atoms with Crippen molar-refractivity contribution in [1.29, 1.82) is 0 Å². The van der Waals surface area contributed by atoms with Crippen LogP contribution >= 0.6 is 23.2 Å². The zero-order valence-electron chi connectivity index (χ0n) is 11.1. The third-order valence-corrected chi connectivity index (χ3v) is 3.74. The van der Waals surface area contributed by atoms with Gasteiger partial charge in [0.15, 0.2) is 5.58 Å². The van der Waals surface area contributed by atoms with Crippen LogP contribution in [0.15, 0.2) is 53.5 Å². The van der Waals surface area contributed by atoms with Crippen LogP contribution < -0.4 is 0 Å². The first-order valence-electron chi connectivity index (χ1n) is 6.42. The van der Waals surface area contributed by atoms with Gasteiger partial charge in [-0.2, -0.15) is 0 Å². The zero-order valence-corrected chi connectivity index (χ0v) is 12.6. The van der Waals surface area contributed by atoms with Crippen molar-refractivity contribution in [1.82, 2.24) is 19.7 Å². The minimum atomic E-state index is 0.447. The Hall–Kier alpha value is -2.37. The largest absolute Gasteiger partial charge is 0.435 e. The van der Waals surface area contributed by atoms with Crippen LogP contribution in [0.5, 0.6) is 0 Å². The molecule has 0 N–H and O–H groups in total. The van der Waals surface area contributed by atoms with Crippen molar-refractivity contribution in [3.8, 4) is 17.1 Å². The summed E-state index contributed by atoms with van der Waals surface area (Å²) in [7, 11) is 0. The molecule has 108 valence electrons. The maximum Gasteiger partial charge on any atom is 0.227 e. The van der Waals surface area contributed by atoms with E-state index in [0.29, 0.717) is 27.0 Å². The summed E-state index contributed by atoms with van der Waals surface area (Å²) in [6.45, 7) is 0. The molecule has 5 nitrogen and oxygen atoms in total. The maximum absolute atomic E-state index is 6.12. The minimum Gasteiger partial charge on any atom is -0.435 e. The van der Waals surface area contributed by atoms with E-state index in [1.165, 1.54) is 0 Å². The topological polar surface area (TPSA) is 56.7 Å². The molecule has 0 amide bonds. The number of fused-ring (bicyclic) bond motifs is 1. The summed E-state index contributed by atoms with van der Waals surface area (Å²) in [4.78, 5) is 4.43. The quantitative estimate of drug-likeness (QED) is 0.547. The number of halogens is 2. The number of benzene rings is 2. The number of hydrogen-bond acceptors (Lipinski definition) is 4. The predicted molar refractivity (Wildman–Crippen MR) is 84.4 cm³/mol. The van der Waals surface area contributed by atoms with Crippen LogP contribution in [0.4, 0.5) is 0 Å². The van der Waals surface area contributed by atoms with Crippen molar-refractivity contribution in [2.75, 3.05) is 0 Å². The molecule has 0 unspecified atom stereocenters. The van der Waals surface area contributed by atoms with Crippen LogP contribution in [-0.2, 0) is 0 Å². The van der Waals surface area contributed by atoms with Gasteiger partial charge in [-0.3, -0.25) is 4.57 Å². The molecule has 0 radical (unpaired) electrons. The standard InChI is InChI=1S/C15H8Cl2N4O/c16-10-5-12(17)14-13(6-10)20-15(22-14)9-1-3-11(4-2-9)21-7-18-19-8-21/h1-8H. The summed E-state index contributed by atoms with van der Waals surface area (Å²) in [5.41, 5.74) is 2.96. The monoisotopic (exact) mass is 330 g/mol. The molecule has 7 heteroatoms. The fourth-order valence-electron chi connectivity index (χ4n) is 2.19. The molecule has 2 aromatic carbocycles. The molecule has 2 heterocycles. The normalized spacial score (nSPS) is 11.2. The van der Waals surface area contributed by atoms with Crippen LogP contribution in [0.1, 0.15) is 0 Å². The molecule has 0 fully saturated rings.